The molecule has 0 unspecified atom stereocenters. The van der Waals surface area contributed by atoms with Gasteiger partial charge in [0.05, 0.1) is 23.7 Å². The van der Waals surface area contributed by atoms with Crippen molar-refractivity contribution in [3.05, 3.63) is 124 Å². The number of ether oxygens (including phenoxy) is 3. The van der Waals surface area contributed by atoms with E-state index in [2.05, 4.69) is 40.3 Å². The third kappa shape index (κ3) is 6.06. The van der Waals surface area contributed by atoms with Gasteiger partial charge in [-0.3, -0.25) is 4.79 Å². The summed E-state index contributed by atoms with van der Waals surface area (Å²) in [4.78, 5) is 13.4. The van der Waals surface area contributed by atoms with Crippen molar-refractivity contribution < 1.29 is 19.0 Å². The SMILES string of the molecule is COc1ccc(Cn2cc([C@@H](CC(=O)NC[C@H]3COc4ccccc4O3)c3ccc(Cl)c(Cl)c3)c3ccccc32)cc1. The molecule has 1 aliphatic rings. The molecule has 2 atom stereocenters. The average Bonchev–Trinajstić information content (AvgIpc) is 3.38. The Morgan fingerprint density at radius 2 is 1.74 bits per heavy atom. The molecule has 6 rings (SSSR count). The first-order valence-corrected chi connectivity index (χ1v) is 14.5. The number of aromatic nitrogens is 1. The maximum absolute atomic E-state index is 13.4. The molecular formula is C34H30Cl2N2O4. The Hall–Kier alpha value is -4.13. The number of halogens is 2. The van der Waals surface area contributed by atoms with Crippen LogP contribution in [0.25, 0.3) is 10.9 Å². The smallest absolute Gasteiger partial charge is 0.221 e. The summed E-state index contributed by atoms with van der Waals surface area (Å²) in [7, 11) is 1.66. The largest absolute Gasteiger partial charge is 0.497 e. The van der Waals surface area contributed by atoms with Gasteiger partial charge in [-0.2, -0.15) is 0 Å². The lowest BCUT2D eigenvalue weighted by atomic mass is 9.88. The number of carbonyl (C=O) groups excluding carboxylic acids is 1. The molecule has 0 spiro atoms. The van der Waals surface area contributed by atoms with Gasteiger partial charge in [0.2, 0.25) is 5.91 Å². The summed E-state index contributed by atoms with van der Waals surface area (Å²) in [5, 5.41) is 5.07. The Morgan fingerprint density at radius 3 is 2.52 bits per heavy atom. The van der Waals surface area contributed by atoms with Gasteiger partial charge in [0, 0.05) is 36.0 Å². The number of nitrogens with one attached hydrogen (secondary N) is 1. The van der Waals surface area contributed by atoms with Crippen LogP contribution in [0.5, 0.6) is 17.2 Å². The molecule has 5 aromatic rings. The standard InChI is InChI=1S/C34H30Cl2N2O4/c1-40-24-13-10-22(11-14-24)19-38-20-28(26-6-2-3-7-31(26)38)27(23-12-15-29(35)30(36)16-23)17-34(39)37-18-25-21-41-32-8-4-5-9-33(32)42-25/h2-16,20,25,27H,17-19,21H2,1H3,(H,37,39)/t25-,27-/m0/s1. The summed E-state index contributed by atoms with van der Waals surface area (Å²) >= 11 is 12.7. The van der Waals surface area contributed by atoms with E-state index in [1.165, 1.54) is 0 Å². The number of nitrogens with zero attached hydrogens (tertiary/aromatic N) is 1. The van der Waals surface area contributed by atoms with Crippen LogP contribution >= 0.6 is 23.2 Å². The van der Waals surface area contributed by atoms with Crippen LogP contribution in [0, 0.1) is 0 Å². The fourth-order valence-corrected chi connectivity index (χ4v) is 5.70. The van der Waals surface area contributed by atoms with Crippen molar-refractivity contribution in [1.29, 1.82) is 0 Å². The lowest BCUT2D eigenvalue weighted by molar-refractivity contribution is -0.121. The zero-order valence-electron chi connectivity index (χ0n) is 23.1. The molecule has 4 aromatic carbocycles. The van der Waals surface area contributed by atoms with Crippen molar-refractivity contribution >= 4 is 40.0 Å². The summed E-state index contributed by atoms with van der Waals surface area (Å²) < 4.78 is 19.4. The molecule has 1 amide bonds. The predicted octanol–water partition coefficient (Wildman–Crippen LogP) is 7.48. The van der Waals surface area contributed by atoms with Gasteiger partial charge in [-0.25, -0.2) is 0 Å². The van der Waals surface area contributed by atoms with E-state index in [-0.39, 0.29) is 24.3 Å². The second-order valence-electron chi connectivity index (χ2n) is 10.3. The zero-order valence-corrected chi connectivity index (χ0v) is 24.6. The Morgan fingerprint density at radius 1 is 0.976 bits per heavy atom. The molecule has 0 aliphatic carbocycles. The lowest BCUT2D eigenvalue weighted by Crippen LogP contribution is -2.41. The number of hydrogen-bond acceptors (Lipinski definition) is 4. The molecule has 0 radical (unpaired) electrons. The number of fused-ring (bicyclic) bond motifs is 2. The highest BCUT2D eigenvalue weighted by molar-refractivity contribution is 6.42. The summed E-state index contributed by atoms with van der Waals surface area (Å²) in [6.45, 7) is 1.37. The van der Waals surface area contributed by atoms with Gasteiger partial charge < -0.3 is 24.1 Å². The van der Waals surface area contributed by atoms with E-state index in [0.717, 1.165) is 33.3 Å². The second kappa shape index (κ2) is 12.4. The summed E-state index contributed by atoms with van der Waals surface area (Å²) in [5.74, 6) is 1.86. The molecule has 1 aliphatic heterocycles. The van der Waals surface area contributed by atoms with E-state index in [1.807, 2.05) is 60.7 Å². The molecule has 6 nitrogen and oxygen atoms in total. The minimum Gasteiger partial charge on any atom is -0.497 e. The topological polar surface area (TPSA) is 61.7 Å². The van der Waals surface area contributed by atoms with Crippen LogP contribution in [0.3, 0.4) is 0 Å². The summed E-state index contributed by atoms with van der Waals surface area (Å²) in [6, 6.07) is 29.4. The minimum absolute atomic E-state index is 0.0967. The number of methoxy groups -OCH3 is 1. The van der Waals surface area contributed by atoms with E-state index in [4.69, 9.17) is 37.4 Å². The van der Waals surface area contributed by atoms with Gasteiger partial charge in [-0.1, -0.05) is 71.7 Å². The molecule has 1 N–H and O–H groups in total. The maximum atomic E-state index is 13.4. The molecule has 214 valence electrons. The first kappa shape index (κ1) is 28.0. The van der Waals surface area contributed by atoms with E-state index >= 15 is 0 Å². The number of rotatable bonds is 9. The first-order chi connectivity index (χ1) is 20.5. The lowest BCUT2D eigenvalue weighted by Gasteiger charge is -2.26. The van der Waals surface area contributed by atoms with Crippen LogP contribution in [0.15, 0.2) is 97.2 Å². The van der Waals surface area contributed by atoms with Crippen molar-refractivity contribution in [1.82, 2.24) is 9.88 Å². The number of carbonyl (C=O) groups is 1. The Kier molecular flexibility index (Phi) is 8.27. The van der Waals surface area contributed by atoms with Crippen molar-refractivity contribution in [2.45, 2.75) is 25.0 Å². The number of amides is 1. The molecular weight excluding hydrogens is 571 g/mol. The predicted molar refractivity (Wildman–Crippen MR) is 166 cm³/mol. The van der Waals surface area contributed by atoms with Crippen LogP contribution < -0.4 is 19.5 Å². The van der Waals surface area contributed by atoms with E-state index < -0.39 is 0 Å². The van der Waals surface area contributed by atoms with Crippen molar-refractivity contribution in [3.63, 3.8) is 0 Å². The highest BCUT2D eigenvalue weighted by Crippen LogP contribution is 2.37. The molecule has 0 fully saturated rings. The van der Waals surface area contributed by atoms with Crippen LogP contribution in [0.2, 0.25) is 10.0 Å². The Balaban J connectivity index is 1.27. The van der Waals surface area contributed by atoms with Crippen molar-refractivity contribution in [2.75, 3.05) is 20.3 Å². The Bertz CT molecular complexity index is 1720. The molecule has 0 bridgehead atoms. The van der Waals surface area contributed by atoms with E-state index in [1.54, 1.807) is 13.2 Å². The van der Waals surface area contributed by atoms with Gasteiger partial charge in [-0.05, 0) is 59.2 Å². The third-order valence-electron chi connectivity index (χ3n) is 7.54. The van der Waals surface area contributed by atoms with Crippen LogP contribution in [-0.2, 0) is 11.3 Å². The normalized spacial score (nSPS) is 14.9. The van der Waals surface area contributed by atoms with Crippen molar-refractivity contribution in [2.24, 2.45) is 0 Å². The summed E-state index contributed by atoms with van der Waals surface area (Å²) in [6.07, 6.45) is 2.09. The highest BCUT2D eigenvalue weighted by atomic mass is 35.5. The average molecular weight is 602 g/mol. The highest BCUT2D eigenvalue weighted by Gasteiger charge is 2.25. The summed E-state index contributed by atoms with van der Waals surface area (Å²) in [5.41, 5.74) is 4.18. The minimum atomic E-state index is -0.279. The molecule has 0 saturated heterocycles. The molecule has 2 heterocycles. The number of benzene rings is 4. The number of hydrogen-bond donors (Lipinski definition) is 1. The van der Waals surface area contributed by atoms with Crippen LogP contribution in [0.4, 0.5) is 0 Å². The number of para-hydroxylation sites is 3. The molecule has 42 heavy (non-hydrogen) atoms. The second-order valence-corrected chi connectivity index (χ2v) is 11.1. The first-order valence-electron chi connectivity index (χ1n) is 13.8. The van der Waals surface area contributed by atoms with Crippen LogP contribution in [0.1, 0.15) is 29.0 Å². The maximum Gasteiger partial charge on any atom is 0.221 e. The van der Waals surface area contributed by atoms with Crippen LogP contribution in [-0.4, -0.2) is 36.8 Å². The van der Waals surface area contributed by atoms with Gasteiger partial charge in [0.15, 0.2) is 11.5 Å². The molecule has 8 heteroatoms. The molecule has 1 aromatic heterocycles. The van der Waals surface area contributed by atoms with Gasteiger partial charge >= 0.3 is 0 Å². The van der Waals surface area contributed by atoms with Gasteiger partial charge in [-0.15, -0.1) is 0 Å². The molecule has 0 saturated carbocycles. The fourth-order valence-electron chi connectivity index (χ4n) is 5.40. The van der Waals surface area contributed by atoms with Gasteiger partial charge in [0.1, 0.15) is 18.5 Å². The van der Waals surface area contributed by atoms with E-state index in [0.29, 0.717) is 41.2 Å². The fraction of sp³-hybridized carbons (Fsp3) is 0.206. The quantitative estimate of drug-likeness (QED) is 0.190. The van der Waals surface area contributed by atoms with Gasteiger partial charge in [0.25, 0.3) is 0 Å². The zero-order chi connectivity index (χ0) is 29.1. The Labute approximate surface area is 254 Å². The third-order valence-corrected chi connectivity index (χ3v) is 8.28. The monoisotopic (exact) mass is 600 g/mol. The van der Waals surface area contributed by atoms with Crippen molar-refractivity contribution in [3.8, 4) is 17.2 Å². The van der Waals surface area contributed by atoms with E-state index in [9.17, 15) is 4.79 Å².